The number of fused-ring (bicyclic) bond motifs is 1. The lowest BCUT2D eigenvalue weighted by Crippen LogP contribution is -2.10. The summed E-state index contributed by atoms with van der Waals surface area (Å²) >= 11 is 1.28. The Bertz CT molecular complexity index is 724. The molecule has 0 atom stereocenters. The van der Waals surface area contributed by atoms with Crippen molar-refractivity contribution >= 4 is 28.4 Å². The molecule has 2 rings (SSSR count). The molecule has 0 unspecified atom stereocenters. The summed E-state index contributed by atoms with van der Waals surface area (Å²) in [5, 5.41) is 10.5. The number of thioether (sulfide) groups is 1. The first-order valence-corrected chi connectivity index (χ1v) is 6.84. The van der Waals surface area contributed by atoms with Crippen LogP contribution in [0, 0.1) is 11.3 Å². The van der Waals surface area contributed by atoms with E-state index in [9.17, 15) is 4.79 Å². The molecular formula is C14H12N4OS. The SMILES string of the molecule is CC(N)=C(C#N)C(=O)CSc1ncnc2ccccc12. The van der Waals surface area contributed by atoms with Crippen molar-refractivity contribution in [1.29, 1.82) is 5.26 Å². The number of nitrogens with two attached hydrogens (primary N) is 1. The van der Waals surface area contributed by atoms with Gasteiger partial charge in [-0.15, -0.1) is 0 Å². The molecule has 0 radical (unpaired) electrons. The van der Waals surface area contributed by atoms with Crippen molar-refractivity contribution < 1.29 is 4.79 Å². The number of hydrogen-bond acceptors (Lipinski definition) is 6. The van der Waals surface area contributed by atoms with Crippen LogP contribution in [-0.2, 0) is 4.79 Å². The maximum atomic E-state index is 11.9. The van der Waals surface area contributed by atoms with Crippen molar-refractivity contribution in [3.05, 3.63) is 41.9 Å². The second-order valence-corrected chi connectivity index (χ2v) is 5.04. The monoisotopic (exact) mass is 284 g/mol. The van der Waals surface area contributed by atoms with Crippen molar-refractivity contribution in [2.45, 2.75) is 11.9 Å². The lowest BCUT2D eigenvalue weighted by molar-refractivity contribution is -0.112. The third-order valence-corrected chi connectivity index (χ3v) is 3.64. The first-order chi connectivity index (χ1) is 9.63. The number of nitrogens with zero attached hydrogens (tertiary/aromatic N) is 3. The molecule has 1 aromatic carbocycles. The molecule has 0 saturated heterocycles. The minimum absolute atomic E-state index is 0.0101. The molecule has 1 aromatic heterocycles. The average Bonchev–Trinajstić information content (AvgIpc) is 2.45. The van der Waals surface area contributed by atoms with E-state index in [1.807, 2.05) is 30.3 Å². The summed E-state index contributed by atoms with van der Waals surface area (Å²) in [6.45, 7) is 1.54. The van der Waals surface area contributed by atoms with Gasteiger partial charge in [0.05, 0.1) is 11.3 Å². The zero-order valence-corrected chi connectivity index (χ0v) is 11.6. The van der Waals surface area contributed by atoms with E-state index in [4.69, 9.17) is 11.0 Å². The van der Waals surface area contributed by atoms with Crippen LogP contribution in [0.3, 0.4) is 0 Å². The fourth-order valence-corrected chi connectivity index (χ4v) is 2.53. The smallest absolute Gasteiger partial charge is 0.185 e. The van der Waals surface area contributed by atoms with E-state index in [0.29, 0.717) is 0 Å². The summed E-state index contributed by atoms with van der Waals surface area (Å²) in [6, 6.07) is 9.40. The Labute approximate surface area is 120 Å². The number of benzene rings is 1. The maximum Gasteiger partial charge on any atom is 0.185 e. The van der Waals surface area contributed by atoms with Gasteiger partial charge in [0.2, 0.25) is 0 Å². The highest BCUT2D eigenvalue weighted by atomic mass is 32.2. The maximum absolute atomic E-state index is 11.9. The van der Waals surface area contributed by atoms with Gasteiger partial charge < -0.3 is 5.73 Å². The largest absolute Gasteiger partial charge is 0.401 e. The molecule has 0 aliphatic rings. The van der Waals surface area contributed by atoms with E-state index in [2.05, 4.69) is 9.97 Å². The molecule has 2 N–H and O–H groups in total. The predicted molar refractivity (Wildman–Crippen MR) is 77.8 cm³/mol. The fraction of sp³-hybridized carbons (Fsp3) is 0.143. The number of carbonyl (C=O) groups is 1. The van der Waals surface area contributed by atoms with Crippen LogP contribution in [0.1, 0.15) is 6.92 Å². The zero-order valence-electron chi connectivity index (χ0n) is 10.8. The lowest BCUT2D eigenvalue weighted by atomic mass is 10.2. The van der Waals surface area contributed by atoms with Crippen molar-refractivity contribution in [3.63, 3.8) is 0 Å². The van der Waals surface area contributed by atoms with Gasteiger partial charge in [-0.2, -0.15) is 5.26 Å². The Morgan fingerprint density at radius 1 is 1.40 bits per heavy atom. The van der Waals surface area contributed by atoms with E-state index < -0.39 is 0 Å². The number of aromatic nitrogens is 2. The molecule has 100 valence electrons. The minimum atomic E-state index is -0.291. The molecule has 5 nitrogen and oxygen atoms in total. The number of Topliss-reactive ketones (excluding diaryl/α,β-unsaturated/α-hetero) is 1. The standard InChI is InChI=1S/C14H12N4OS/c1-9(16)11(6-15)13(19)7-20-14-10-4-2-3-5-12(10)17-8-18-14/h2-5,8H,7,16H2,1H3. The quantitative estimate of drug-likeness (QED) is 0.400. The minimum Gasteiger partial charge on any atom is -0.401 e. The molecule has 0 saturated carbocycles. The van der Waals surface area contributed by atoms with Crippen LogP contribution in [0.25, 0.3) is 10.9 Å². The van der Waals surface area contributed by atoms with Gasteiger partial charge in [0.1, 0.15) is 23.0 Å². The fourth-order valence-electron chi connectivity index (χ4n) is 1.67. The number of allylic oxidation sites excluding steroid dienone is 2. The first-order valence-electron chi connectivity index (χ1n) is 5.85. The van der Waals surface area contributed by atoms with Gasteiger partial charge in [0.25, 0.3) is 0 Å². The number of carbonyl (C=O) groups excluding carboxylic acids is 1. The predicted octanol–water partition coefficient (Wildman–Crippen LogP) is 2.05. The molecule has 0 aliphatic carbocycles. The summed E-state index contributed by atoms with van der Waals surface area (Å²) in [4.78, 5) is 20.2. The molecular weight excluding hydrogens is 272 g/mol. The number of rotatable bonds is 4. The van der Waals surface area contributed by atoms with Gasteiger partial charge in [0, 0.05) is 11.1 Å². The Balaban J connectivity index is 2.21. The van der Waals surface area contributed by atoms with E-state index in [-0.39, 0.29) is 22.8 Å². The summed E-state index contributed by atoms with van der Waals surface area (Å²) in [5.41, 5.74) is 6.58. The van der Waals surface area contributed by atoms with E-state index in [1.54, 1.807) is 6.92 Å². The van der Waals surface area contributed by atoms with Crippen LogP contribution in [0.2, 0.25) is 0 Å². The molecule has 6 heteroatoms. The summed E-state index contributed by atoms with van der Waals surface area (Å²) < 4.78 is 0. The molecule has 0 amide bonds. The topological polar surface area (TPSA) is 92.7 Å². The Kier molecular flexibility index (Phi) is 4.33. The Morgan fingerprint density at radius 2 is 2.15 bits per heavy atom. The molecule has 0 bridgehead atoms. The van der Waals surface area contributed by atoms with Gasteiger partial charge in [-0.05, 0) is 13.0 Å². The molecule has 0 spiro atoms. The van der Waals surface area contributed by atoms with Gasteiger partial charge >= 0.3 is 0 Å². The molecule has 0 fully saturated rings. The number of para-hydroxylation sites is 1. The molecule has 1 heterocycles. The van der Waals surface area contributed by atoms with Crippen LogP contribution in [0.15, 0.2) is 46.9 Å². The molecule has 0 aliphatic heterocycles. The van der Waals surface area contributed by atoms with E-state index in [0.717, 1.165) is 15.9 Å². The van der Waals surface area contributed by atoms with Crippen LogP contribution < -0.4 is 5.73 Å². The number of nitriles is 1. The zero-order chi connectivity index (χ0) is 14.5. The Morgan fingerprint density at radius 3 is 2.85 bits per heavy atom. The van der Waals surface area contributed by atoms with E-state index in [1.165, 1.54) is 18.1 Å². The normalized spacial score (nSPS) is 11.8. The molecule has 2 aromatic rings. The molecule has 20 heavy (non-hydrogen) atoms. The third-order valence-electron chi connectivity index (χ3n) is 2.63. The highest BCUT2D eigenvalue weighted by Crippen LogP contribution is 2.24. The average molecular weight is 284 g/mol. The highest BCUT2D eigenvalue weighted by Gasteiger charge is 2.13. The first kappa shape index (κ1) is 14.0. The van der Waals surface area contributed by atoms with Crippen LogP contribution in [0.5, 0.6) is 0 Å². The number of hydrogen-bond donors (Lipinski definition) is 1. The van der Waals surface area contributed by atoms with E-state index >= 15 is 0 Å². The second-order valence-electron chi connectivity index (χ2n) is 4.08. The van der Waals surface area contributed by atoms with Crippen molar-refractivity contribution in [2.75, 3.05) is 5.75 Å². The van der Waals surface area contributed by atoms with Crippen LogP contribution >= 0.6 is 11.8 Å². The summed E-state index contributed by atoms with van der Waals surface area (Å²) in [6.07, 6.45) is 1.46. The van der Waals surface area contributed by atoms with Crippen LogP contribution in [-0.4, -0.2) is 21.5 Å². The lowest BCUT2D eigenvalue weighted by Gasteiger charge is -2.04. The van der Waals surface area contributed by atoms with Crippen LogP contribution in [0.4, 0.5) is 0 Å². The summed E-state index contributed by atoms with van der Waals surface area (Å²) in [5.74, 6) is -0.168. The van der Waals surface area contributed by atoms with Gasteiger partial charge in [-0.3, -0.25) is 4.79 Å². The second kappa shape index (κ2) is 6.17. The number of ketones is 1. The Hall–Kier alpha value is -2.39. The highest BCUT2D eigenvalue weighted by molar-refractivity contribution is 8.00. The summed E-state index contributed by atoms with van der Waals surface area (Å²) in [7, 11) is 0. The third kappa shape index (κ3) is 2.95. The van der Waals surface area contributed by atoms with Gasteiger partial charge in [0.15, 0.2) is 5.78 Å². The van der Waals surface area contributed by atoms with Crippen molar-refractivity contribution in [3.8, 4) is 6.07 Å². The van der Waals surface area contributed by atoms with Gasteiger partial charge in [-0.25, -0.2) is 9.97 Å². The van der Waals surface area contributed by atoms with Crippen molar-refractivity contribution in [1.82, 2.24) is 9.97 Å². The van der Waals surface area contributed by atoms with Crippen molar-refractivity contribution in [2.24, 2.45) is 5.73 Å². The van der Waals surface area contributed by atoms with Gasteiger partial charge in [-0.1, -0.05) is 30.0 Å².